The molecule has 0 saturated carbocycles. The van der Waals surface area contributed by atoms with Gasteiger partial charge in [-0.2, -0.15) is 5.26 Å². The largest absolute Gasteiger partial charge is 0.495 e. The van der Waals surface area contributed by atoms with Gasteiger partial charge >= 0.3 is 0 Å². The maximum atomic E-state index is 9.15. The van der Waals surface area contributed by atoms with Gasteiger partial charge in [0.05, 0.1) is 19.3 Å². The Morgan fingerprint density at radius 3 is 3.00 bits per heavy atom. The molecule has 0 unspecified atom stereocenters. The zero-order valence-corrected chi connectivity index (χ0v) is 12.5. The van der Waals surface area contributed by atoms with Crippen molar-refractivity contribution >= 4 is 0 Å². The lowest BCUT2D eigenvalue weighted by Gasteiger charge is -2.26. The summed E-state index contributed by atoms with van der Waals surface area (Å²) in [4.78, 5) is 0. The molecule has 1 N–H and O–H groups in total. The van der Waals surface area contributed by atoms with E-state index in [9.17, 15) is 0 Å². The Balaban J connectivity index is 1.73. The molecule has 0 radical (unpaired) electrons. The van der Waals surface area contributed by atoms with Crippen molar-refractivity contribution in [2.75, 3.05) is 13.7 Å². The van der Waals surface area contributed by atoms with E-state index in [0.29, 0.717) is 17.9 Å². The third-order valence-corrected chi connectivity index (χ3v) is 3.90. The third-order valence-electron chi connectivity index (χ3n) is 3.90. The van der Waals surface area contributed by atoms with E-state index in [-0.39, 0.29) is 6.04 Å². The summed E-state index contributed by atoms with van der Waals surface area (Å²) in [6, 6.07) is 16.3. The number of hydrogen-bond acceptors (Lipinski definition) is 4. The monoisotopic (exact) mass is 294 g/mol. The average Bonchev–Trinajstić information content (AvgIpc) is 2.59. The van der Waals surface area contributed by atoms with Gasteiger partial charge in [0.1, 0.15) is 17.6 Å². The maximum absolute atomic E-state index is 9.15. The number of hydrogen-bond donors (Lipinski definition) is 1. The fourth-order valence-corrected chi connectivity index (χ4v) is 2.75. The van der Waals surface area contributed by atoms with Crippen LogP contribution in [0.4, 0.5) is 0 Å². The number of rotatable bonds is 4. The number of benzene rings is 2. The van der Waals surface area contributed by atoms with Crippen LogP contribution in [0.5, 0.6) is 11.5 Å². The van der Waals surface area contributed by atoms with Crippen molar-refractivity contribution in [1.29, 1.82) is 5.26 Å². The Bertz CT molecular complexity index is 706. The molecule has 1 atom stereocenters. The third kappa shape index (κ3) is 2.90. The molecule has 0 amide bonds. The zero-order valence-electron chi connectivity index (χ0n) is 12.5. The van der Waals surface area contributed by atoms with E-state index in [1.54, 1.807) is 7.11 Å². The molecular weight excluding hydrogens is 276 g/mol. The Morgan fingerprint density at radius 2 is 2.18 bits per heavy atom. The highest BCUT2D eigenvalue weighted by molar-refractivity contribution is 5.45. The molecule has 2 aromatic carbocycles. The lowest BCUT2D eigenvalue weighted by atomic mass is 10.00. The Labute approximate surface area is 130 Å². The molecule has 0 spiro atoms. The van der Waals surface area contributed by atoms with Gasteiger partial charge < -0.3 is 14.8 Å². The minimum Gasteiger partial charge on any atom is -0.495 e. The van der Waals surface area contributed by atoms with Gasteiger partial charge in [-0.3, -0.25) is 0 Å². The van der Waals surface area contributed by atoms with Crippen LogP contribution in [-0.4, -0.2) is 13.7 Å². The summed E-state index contributed by atoms with van der Waals surface area (Å²) in [6.45, 7) is 1.43. The number of nitrogens with one attached hydrogen (secondary N) is 1. The Kier molecular flexibility index (Phi) is 4.27. The van der Waals surface area contributed by atoms with E-state index in [1.165, 1.54) is 5.56 Å². The molecule has 4 nitrogen and oxygen atoms in total. The van der Waals surface area contributed by atoms with Gasteiger partial charge in [-0.15, -0.1) is 0 Å². The van der Waals surface area contributed by atoms with Crippen molar-refractivity contribution < 1.29 is 9.47 Å². The normalized spacial score (nSPS) is 16.3. The first-order valence-corrected chi connectivity index (χ1v) is 7.34. The van der Waals surface area contributed by atoms with Crippen LogP contribution < -0.4 is 14.8 Å². The molecule has 0 aliphatic carbocycles. The number of nitriles is 1. The van der Waals surface area contributed by atoms with E-state index < -0.39 is 0 Å². The topological polar surface area (TPSA) is 54.3 Å². The highest BCUT2D eigenvalue weighted by Gasteiger charge is 2.20. The molecule has 3 rings (SSSR count). The smallest absolute Gasteiger partial charge is 0.136 e. The van der Waals surface area contributed by atoms with Crippen LogP contribution in [0.2, 0.25) is 0 Å². The van der Waals surface area contributed by atoms with E-state index in [2.05, 4.69) is 17.5 Å². The van der Waals surface area contributed by atoms with Gasteiger partial charge in [0.25, 0.3) is 0 Å². The minimum atomic E-state index is 0.276. The Morgan fingerprint density at radius 1 is 1.32 bits per heavy atom. The number of methoxy groups -OCH3 is 1. The summed E-state index contributed by atoms with van der Waals surface area (Å²) in [5, 5.41) is 12.7. The van der Waals surface area contributed by atoms with Crippen LogP contribution in [0, 0.1) is 11.3 Å². The standard InChI is InChI=1S/C18H18N2O2/c1-21-17-7-6-13(10-14(17)11-19)12-20-16-8-9-22-18-5-3-2-4-15(16)18/h2-7,10,16,20H,8-9,12H2,1H3/t16-/m0/s1. The number of ether oxygens (including phenoxy) is 2. The Hall–Kier alpha value is -2.51. The lowest BCUT2D eigenvalue weighted by molar-refractivity contribution is 0.252. The second kappa shape index (κ2) is 6.50. The van der Waals surface area contributed by atoms with Crippen molar-refractivity contribution in [3.63, 3.8) is 0 Å². The average molecular weight is 294 g/mol. The highest BCUT2D eigenvalue weighted by atomic mass is 16.5. The summed E-state index contributed by atoms with van der Waals surface area (Å²) in [6.07, 6.45) is 0.943. The van der Waals surface area contributed by atoms with Crippen LogP contribution in [0.25, 0.3) is 0 Å². The maximum Gasteiger partial charge on any atom is 0.136 e. The van der Waals surface area contributed by atoms with Crippen LogP contribution >= 0.6 is 0 Å². The number of para-hydroxylation sites is 1. The van der Waals surface area contributed by atoms with Gasteiger partial charge in [-0.1, -0.05) is 24.3 Å². The summed E-state index contributed by atoms with van der Waals surface area (Å²) < 4.78 is 10.8. The van der Waals surface area contributed by atoms with Gasteiger partial charge in [0.15, 0.2) is 0 Å². The molecule has 1 aliphatic heterocycles. The van der Waals surface area contributed by atoms with E-state index >= 15 is 0 Å². The lowest BCUT2D eigenvalue weighted by Crippen LogP contribution is -2.26. The van der Waals surface area contributed by atoms with Crippen molar-refractivity contribution in [3.05, 3.63) is 59.2 Å². The zero-order chi connectivity index (χ0) is 15.4. The first-order chi connectivity index (χ1) is 10.8. The van der Waals surface area contributed by atoms with Crippen molar-refractivity contribution in [2.45, 2.75) is 19.0 Å². The molecule has 1 heterocycles. The van der Waals surface area contributed by atoms with Crippen molar-refractivity contribution in [2.24, 2.45) is 0 Å². The molecule has 0 fully saturated rings. The van der Waals surface area contributed by atoms with Gasteiger partial charge in [-0.05, 0) is 23.8 Å². The first-order valence-electron chi connectivity index (χ1n) is 7.34. The van der Waals surface area contributed by atoms with Gasteiger partial charge in [-0.25, -0.2) is 0 Å². The highest BCUT2D eigenvalue weighted by Crippen LogP contribution is 2.31. The molecule has 22 heavy (non-hydrogen) atoms. The van der Waals surface area contributed by atoms with Crippen LogP contribution in [0.1, 0.15) is 29.2 Å². The SMILES string of the molecule is COc1ccc(CN[C@H]2CCOc3ccccc32)cc1C#N. The van der Waals surface area contributed by atoms with Gasteiger partial charge in [0.2, 0.25) is 0 Å². The molecule has 2 aromatic rings. The van der Waals surface area contributed by atoms with E-state index in [1.807, 2.05) is 36.4 Å². The second-order valence-electron chi connectivity index (χ2n) is 5.25. The minimum absolute atomic E-state index is 0.276. The predicted octanol–water partition coefficient (Wildman–Crippen LogP) is 3.18. The fraction of sp³-hybridized carbons (Fsp3) is 0.278. The van der Waals surface area contributed by atoms with Crippen LogP contribution in [0.3, 0.4) is 0 Å². The molecule has 0 aromatic heterocycles. The first kappa shape index (κ1) is 14.4. The van der Waals surface area contributed by atoms with Crippen LogP contribution in [0.15, 0.2) is 42.5 Å². The van der Waals surface area contributed by atoms with Gasteiger partial charge in [0, 0.05) is 24.6 Å². The van der Waals surface area contributed by atoms with Crippen molar-refractivity contribution in [1.82, 2.24) is 5.32 Å². The summed E-state index contributed by atoms with van der Waals surface area (Å²) in [7, 11) is 1.58. The predicted molar refractivity (Wildman–Crippen MR) is 83.8 cm³/mol. The number of nitrogens with zero attached hydrogens (tertiary/aromatic N) is 1. The molecule has 4 heteroatoms. The summed E-state index contributed by atoms with van der Waals surface area (Å²) in [5.74, 6) is 1.57. The van der Waals surface area contributed by atoms with Crippen LogP contribution in [-0.2, 0) is 6.54 Å². The second-order valence-corrected chi connectivity index (χ2v) is 5.25. The molecule has 1 aliphatic rings. The molecular formula is C18H18N2O2. The van der Waals surface area contributed by atoms with E-state index in [4.69, 9.17) is 14.7 Å². The molecule has 0 saturated heterocycles. The van der Waals surface area contributed by atoms with Crippen molar-refractivity contribution in [3.8, 4) is 17.6 Å². The quantitative estimate of drug-likeness (QED) is 0.941. The molecule has 112 valence electrons. The summed E-state index contributed by atoms with van der Waals surface area (Å²) in [5.41, 5.74) is 2.83. The number of fused-ring (bicyclic) bond motifs is 1. The molecule has 0 bridgehead atoms. The van der Waals surface area contributed by atoms with E-state index in [0.717, 1.165) is 24.3 Å². The fourth-order valence-electron chi connectivity index (χ4n) is 2.75. The summed E-state index contributed by atoms with van der Waals surface area (Å²) >= 11 is 0.